The Kier molecular flexibility index (Phi) is 3.22. The Balaban J connectivity index is 1.56. The average molecular weight is 267 g/mol. The average Bonchev–Trinajstić information content (AvgIpc) is 3.15. The summed E-state index contributed by atoms with van der Waals surface area (Å²) in [6.45, 7) is 1.70. The Bertz CT molecular complexity index is 389. The first-order valence-corrected chi connectivity index (χ1v) is 7.05. The van der Waals surface area contributed by atoms with E-state index in [-0.39, 0.29) is 17.9 Å². The van der Waals surface area contributed by atoms with Crippen LogP contribution < -0.4 is 11.1 Å². The van der Waals surface area contributed by atoms with E-state index < -0.39 is 5.54 Å². The summed E-state index contributed by atoms with van der Waals surface area (Å²) >= 11 is 0. The summed E-state index contributed by atoms with van der Waals surface area (Å²) in [6, 6.07) is 0.341. The van der Waals surface area contributed by atoms with Crippen molar-refractivity contribution in [3.63, 3.8) is 0 Å². The largest absolute Gasteiger partial charge is 0.381 e. The monoisotopic (exact) mass is 267 g/mol. The minimum Gasteiger partial charge on any atom is -0.381 e. The molecule has 0 spiro atoms. The van der Waals surface area contributed by atoms with Crippen LogP contribution in [0.15, 0.2) is 0 Å². The van der Waals surface area contributed by atoms with Gasteiger partial charge < -0.3 is 20.7 Å². The Hall–Kier alpha value is -1.14. The highest BCUT2D eigenvalue weighted by Gasteiger charge is 2.42. The molecular formula is C13H21N3O3. The van der Waals surface area contributed by atoms with Gasteiger partial charge in [0, 0.05) is 32.2 Å². The summed E-state index contributed by atoms with van der Waals surface area (Å²) in [5.74, 6) is 0.0251. The predicted octanol–water partition coefficient (Wildman–Crippen LogP) is -0.626. The van der Waals surface area contributed by atoms with Crippen LogP contribution in [0.1, 0.15) is 32.1 Å². The molecule has 0 aromatic heterocycles. The van der Waals surface area contributed by atoms with Gasteiger partial charge in [-0.15, -0.1) is 0 Å². The smallest absolute Gasteiger partial charge is 0.240 e. The molecule has 6 nitrogen and oxygen atoms in total. The van der Waals surface area contributed by atoms with Crippen molar-refractivity contribution in [3.8, 4) is 0 Å². The summed E-state index contributed by atoms with van der Waals surface area (Å²) in [5, 5.41) is 2.95. The van der Waals surface area contributed by atoms with Crippen LogP contribution in [0.4, 0.5) is 0 Å². The van der Waals surface area contributed by atoms with Crippen LogP contribution in [0.25, 0.3) is 0 Å². The molecule has 3 fully saturated rings. The maximum atomic E-state index is 12.3. The van der Waals surface area contributed by atoms with Crippen molar-refractivity contribution in [2.75, 3.05) is 19.8 Å². The lowest BCUT2D eigenvalue weighted by Gasteiger charge is -2.32. The first-order chi connectivity index (χ1) is 9.08. The van der Waals surface area contributed by atoms with Gasteiger partial charge in [0.05, 0.1) is 11.6 Å². The number of ether oxygens (including phenoxy) is 1. The molecule has 3 aliphatic rings. The van der Waals surface area contributed by atoms with Gasteiger partial charge in [0.2, 0.25) is 11.8 Å². The predicted molar refractivity (Wildman–Crippen MR) is 68.3 cm³/mol. The molecule has 19 heavy (non-hydrogen) atoms. The standard InChI is InChI=1S/C13H21N3O3/c14-13(3-5-19-6-4-13)12(18)15-9-7-11(17)16(8-9)10-1-2-10/h9-10H,1-8,14H2,(H,15,18). The van der Waals surface area contributed by atoms with Crippen molar-refractivity contribution in [1.82, 2.24) is 10.2 Å². The molecular weight excluding hydrogens is 246 g/mol. The number of carbonyl (C=O) groups excluding carboxylic acids is 2. The van der Waals surface area contributed by atoms with Crippen molar-refractivity contribution in [2.45, 2.75) is 49.7 Å². The van der Waals surface area contributed by atoms with E-state index in [4.69, 9.17) is 10.5 Å². The number of hydrogen-bond donors (Lipinski definition) is 2. The second-order valence-electron chi connectivity index (χ2n) is 5.92. The molecule has 6 heteroatoms. The molecule has 0 aromatic carbocycles. The lowest BCUT2D eigenvalue weighted by Crippen LogP contribution is -2.59. The number of rotatable bonds is 3. The van der Waals surface area contributed by atoms with Gasteiger partial charge in [-0.05, 0) is 25.7 Å². The third-order valence-corrected chi connectivity index (χ3v) is 4.32. The van der Waals surface area contributed by atoms with E-state index in [2.05, 4.69) is 5.32 Å². The zero-order chi connectivity index (χ0) is 13.5. The van der Waals surface area contributed by atoms with Crippen LogP contribution in [-0.2, 0) is 14.3 Å². The summed E-state index contributed by atoms with van der Waals surface area (Å²) in [7, 11) is 0. The maximum absolute atomic E-state index is 12.3. The molecule has 106 valence electrons. The minimum absolute atomic E-state index is 0.0798. The SMILES string of the molecule is NC1(C(=O)NC2CC(=O)N(C3CC3)C2)CCOCC1. The Labute approximate surface area is 112 Å². The van der Waals surface area contributed by atoms with E-state index in [9.17, 15) is 9.59 Å². The van der Waals surface area contributed by atoms with E-state index in [1.54, 1.807) is 0 Å². The van der Waals surface area contributed by atoms with E-state index in [1.807, 2.05) is 4.90 Å². The van der Waals surface area contributed by atoms with Crippen LogP contribution in [0.5, 0.6) is 0 Å². The number of hydrogen-bond acceptors (Lipinski definition) is 4. The van der Waals surface area contributed by atoms with Crippen molar-refractivity contribution in [3.05, 3.63) is 0 Å². The zero-order valence-electron chi connectivity index (χ0n) is 11.1. The lowest BCUT2D eigenvalue weighted by molar-refractivity contribution is -0.130. The molecule has 0 bridgehead atoms. The van der Waals surface area contributed by atoms with Crippen molar-refractivity contribution < 1.29 is 14.3 Å². The molecule has 1 unspecified atom stereocenters. The molecule has 0 radical (unpaired) electrons. The lowest BCUT2D eigenvalue weighted by atomic mass is 9.90. The molecule has 3 rings (SSSR count). The summed E-state index contributed by atoms with van der Waals surface area (Å²) in [5.41, 5.74) is 5.31. The first kappa shape index (κ1) is 12.9. The van der Waals surface area contributed by atoms with E-state index in [0.29, 0.717) is 45.1 Å². The zero-order valence-corrected chi connectivity index (χ0v) is 11.1. The molecule has 1 atom stereocenters. The Morgan fingerprint density at radius 3 is 2.68 bits per heavy atom. The van der Waals surface area contributed by atoms with E-state index in [1.165, 1.54) is 0 Å². The maximum Gasteiger partial charge on any atom is 0.240 e. The molecule has 2 saturated heterocycles. The number of carbonyl (C=O) groups is 2. The topological polar surface area (TPSA) is 84.7 Å². The molecule has 2 heterocycles. The minimum atomic E-state index is -0.825. The summed E-state index contributed by atoms with van der Waals surface area (Å²) in [6.07, 6.45) is 3.71. The third-order valence-electron chi connectivity index (χ3n) is 4.32. The molecule has 2 amide bonds. The summed E-state index contributed by atoms with van der Waals surface area (Å²) in [4.78, 5) is 26.0. The van der Waals surface area contributed by atoms with Gasteiger partial charge >= 0.3 is 0 Å². The number of likely N-dealkylation sites (tertiary alicyclic amines) is 1. The molecule has 1 aliphatic carbocycles. The van der Waals surface area contributed by atoms with Gasteiger partial charge in [-0.25, -0.2) is 0 Å². The van der Waals surface area contributed by atoms with Crippen LogP contribution in [-0.4, -0.2) is 54.1 Å². The number of amides is 2. The highest BCUT2D eigenvalue weighted by Crippen LogP contribution is 2.30. The van der Waals surface area contributed by atoms with E-state index >= 15 is 0 Å². The van der Waals surface area contributed by atoms with Crippen molar-refractivity contribution in [2.24, 2.45) is 5.73 Å². The van der Waals surface area contributed by atoms with Gasteiger partial charge in [-0.2, -0.15) is 0 Å². The molecule has 0 aromatic rings. The third kappa shape index (κ3) is 2.60. The van der Waals surface area contributed by atoms with Crippen LogP contribution in [0.2, 0.25) is 0 Å². The number of nitrogens with two attached hydrogens (primary N) is 1. The highest BCUT2D eigenvalue weighted by molar-refractivity contribution is 5.88. The summed E-state index contributed by atoms with van der Waals surface area (Å²) < 4.78 is 5.24. The van der Waals surface area contributed by atoms with Crippen molar-refractivity contribution in [1.29, 1.82) is 0 Å². The highest BCUT2D eigenvalue weighted by atomic mass is 16.5. The molecule has 1 saturated carbocycles. The van der Waals surface area contributed by atoms with Crippen LogP contribution >= 0.6 is 0 Å². The second kappa shape index (κ2) is 4.76. The fraction of sp³-hybridized carbons (Fsp3) is 0.846. The van der Waals surface area contributed by atoms with Crippen LogP contribution in [0.3, 0.4) is 0 Å². The van der Waals surface area contributed by atoms with Gasteiger partial charge in [-0.3, -0.25) is 9.59 Å². The van der Waals surface area contributed by atoms with Gasteiger partial charge in [0.1, 0.15) is 0 Å². The van der Waals surface area contributed by atoms with Gasteiger partial charge in [0.15, 0.2) is 0 Å². The van der Waals surface area contributed by atoms with Gasteiger partial charge in [-0.1, -0.05) is 0 Å². The normalized spacial score (nSPS) is 30.5. The number of nitrogens with zero attached hydrogens (tertiary/aromatic N) is 1. The fourth-order valence-electron chi connectivity index (χ4n) is 2.86. The van der Waals surface area contributed by atoms with Crippen LogP contribution in [0, 0.1) is 0 Å². The molecule has 2 aliphatic heterocycles. The van der Waals surface area contributed by atoms with E-state index in [0.717, 1.165) is 12.8 Å². The first-order valence-electron chi connectivity index (χ1n) is 7.05. The van der Waals surface area contributed by atoms with Gasteiger partial charge in [0.25, 0.3) is 0 Å². The quantitative estimate of drug-likeness (QED) is 0.713. The second-order valence-corrected chi connectivity index (χ2v) is 5.92. The Morgan fingerprint density at radius 1 is 1.37 bits per heavy atom. The number of nitrogens with one attached hydrogen (secondary N) is 1. The fourth-order valence-corrected chi connectivity index (χ4v) is 2.86. The Morgan fingerprint density at radius 2 is 2.05 bits per heavy atom. The molecule has 3 N–H and O–H groups in total. The van der Waals surface area contributed by atoms with Crippen molar-refractivity contribution >= 4 is 11.8 Å².